The van der Waals surface area contributed by atoms with E-state index in [4.69, 9.17) is 5.11 Å². The topological polar surface area (TPSA) is 108 Å². The van der Waals surface area contributed by atoms with Crippen LogP contribution in [0.4, 0.5) is 0 Å². The van der Waals surface area contributed by atoms with Gasteiger partial charge in [0.2, 0.25) is 0 Å². The van der Waals surface area contributed by atoms with E-state index in [0.29, 0.717) is 24.2 Å². The molecule has 7 nitrogen and oxygen atoms in total. The van der Waals surface area contributed by atoms with Crippen molar-refractivity contribution in [2.75, 3.05) is 0 Å². The summed E-state index contributed by atoms with van der Waals surface area (Å²) >= 11 is 1.51. The van der Waals surface area contributed by atoms with Crippen LogP contribution in [0.1, 0.15) is 35.7 Å². The summed E-state index contributed by atoms with van der Waals surface area (Å²) in [5.41, 5.74) is 1.48. The maximum absolute atomic E-state index is 12.1. The summed E-state index contributed by atoms with van der Waals surface area (Å²) in [6.07, 6.45) is 2.55. The number of nitrogens with zero attached hydrogens (tertiary/aromatic N) is 2. The van der Waals surface area contributed by atoms with Crippen molar-refractivity contribution in [3.63, 3.8) is 0 Å². The fourth-order valence-corrected chi connectivity index (χ4v) is 2.69. The summed E-state index contributed by atoms with van der Waals surface area (Å²) in [7, 11) is 0. The number of thioether (sulfide) groups is 1. The Morgan fingerprint density at radius 2 is 2.09 bits per heavy atom. The number of H-pyrrole nitrogens is 1. The van der Waals surface area contributed by atoms with Gasteiger partial charge in [0.1, 0.15) is 12.4 Å². The summed E-state index contributed by atoms with van der Waals surface area (Å²) in [6, 6.07) is 6.21. The monoisotopic (exact) mass is 334 g/mol. The van der Waals surface area contributed by atoms with E-state index < -0.39 is 12.0 Å². The zero-order valence-electron chi connectivity index (χ0n) is 12.7. The van der Waals surface area contributed by atoms with Crippen LogP contribution in [0.15, 0.2) is 35.7 Å². The third kappa shape index (κ3) is 5.10. The van der Waals surface area contributed by atoms with Crippen molar-refractivity contribution in [2.24, 2.45) is 0 Å². The van der Waals surface area contributed by atoms with Crippen LogP contribution in [-0.4, -0.2) is 38.2 Å². The van der Waals surface area contributed by atoms with Gasteiger partial charge in [0.15, 0.2) is 5.16 Å². The van der Waals surface area contributed by atoms with Gasteiger partial charge in [-0.15, -0.1) is 0 Å². The first-order valence-corrected chi connectivity index (χ1v) is 8.19. The van der Waals surface area contributed by atoms with Gasteiger partial charge in [-0.1, -0.05) is 37.2 Å². The predicted molar refractivity (Wildman–Crippen MR) is 86.2 cm³/mol. The van der Waals surface area contributed by atoms with E-state index in [1.54, 1.807) is 12.1 Å². The largest absolute Gasteiger partial charge is 0.480 e. The zero-order chi connectivity index (χ0) is 16.7. The molecule has 0 aliphatic rings. The molecule has 1 aromatic heterocycles. The van der Waals surface area contributed by atoms with Crippen LogP contribution in [0.2, 0.25) is 0 Å². The molecule has 1 amide bonds. The van der Waals surface area contributed by atoms with Crippen LogP contribution >= 0.6 is 11.8 Å². The van der Waals surface area contributed by atoms with Crippen LogP contribution in [0.5, 0.6) is 0 Å². The Hall–Kier alpha value is -2.35. The average molecular weight is 334 g/mol. The van der Waals surface area contributed by atoms with E-state index in [-0.39, 0.29) is 5.91 Å². The maximum Gasteiger partial charge on any atom is 0.326 e. The maximum atomic E-state index is 12.1. The van der Waals surface area contributed by atoms with Crippen LogP contribution in [-0.2, 0) is 10.5 Å². The minimum absolute atomic E-state index is 0.375. The third-order valence-electron chi connectivity index (χ3n) is 3.17. The summed E-state index contributed by atoms with van der Waals surface area (Å²) < 4.78 is 0. The van der Waals surface area contributed by atoms with Gasteiger partial charge in [-0.2, -0.15) is 5.10 Å². The lowest BCUT2D eigenvalue weighted by Crippen LogP contribution is -2.40. The molecule has 0 saturated heterocycles. The first-order valence-electron chi connectivity index (χ1n) is 7.21. The first kappa shape index (κ1) is 17.0. The predicted octanol–water partition coefficient (Wildman–Crippen LogP) is 2.08. The lowest BCUT2D eigenvalue weighted by molar-refractivity contribution is -0.139. The second kappa shape index (κ2) is 8.33. The molecule has 1 atom stereocenters. The second-order valence-electron chi connectivity index (χ2n) is 4.93. The van der Waals surface area contributed by atoms with E-state index in [1.807, 2.05) is 19.1 Å². The Kier molecular flexibility index (Phi) is 6.16. The molecule has 2 aromatic rings. The Balaban J connectivity index is 1.92. The molecule has 0 bridgehead atoms. The van der Waals surface area contributed by atoms with E-state index in [0.717, 1.165) is 10.7 Å². The number of amides is 1. The highest BCUT2D eigenvalue weighted by Gasteiger charge is 2.19. The number of rotatable bonds is 8. The van der Waals surface area contributed by atoms with Crippen molar-refractivity contribution in [2.45, 2.75) is 36.7 Å². The van der Waals surface area contributed by atoms with Crippen LogP contribution in [0.3, 0.4) is 0 Å². The fourth-order valence-electron chi connectivity index (χ4n) is 1.96. The highest BCUT2D eigenvalue weighted by Crippen LogP contribution is 2.18. The minimum Gasteiger partial charge on any atom is -0.480 e. The lowest BCUT2D eigenvalue weighted by atomic mass is 10.1. The minimum atomic E-state index is -1.01. The van der Waals surface area contributed by atoms with Gasteiger partial charge < -0.3 is 10.4 Å². The molecule has 0 aliphatic heterocycles. The highest BCUT2D eigenvalue weighted by atomic mass is 32.2. The molecule has 0 aliphatic carbocycles. The molecule has 3 N–H and O–H groups in total. The third-order valence-corrected chi connectivity index (χ3v) is 4.11. The summed E-state index contributed by atoms with van der Waals surface area (Å²) in [5, 5.41) is 18.9. The van der Waals surface area contributed by atoms with Crippen LogP contribution < -0.4 is 5.32 Å². The Morgan fingerprint density at radius 3 is 2.65 bits per heavy atom. The number of aromatic amines is 1. The number of aromatic nitrogens is 3. The molecule has 23 heavy (non-hydrogen) atoms. The van der Waals surface area contributed by atoms with Crippen molar-refractivity contribution in [3.05, 3.63) is 41.7 Å². The number of carboxylic acids is 1. The molecule has 0 radical (unpaired) electrons. The molecule has 2 rings (SSSR count). The number of aliphatic carboxylic acids is 1. The van der Waals surface area contributed by atoms with Gasteiger partial charge in [-0.3, -0.25) is 9.89 Å². The van der Waals surface area contributed by atoms with Gasteiger partial charge in [0, 0.05) is 11.3 Å². The average Bonchev–Trinajstić information content (AvgIpc) is 3.06. The number of carbonyl (C=O) groups is 2. The van der Waals surface area contributed by atoms with Crippen molar-refractivity contribution in [1.29, 1.82) is 0 Å². The molecule has 0 spiro atoms. The SMILES string of the molecule is CCCC(NC(=O)c1ccc(CSc2ncn[nH]2)cc1)C(=O)O. The summed E-state index contributed by atoms with van der Waals surface area (Å²) in [4.78, 5) is 27.2. The molecular weight excluding hydrogens is 316 g/mol. The molecule has 122 valence electrons. The Labute approximate surface area is 137 Å². The van der Waals surface area contributed by atoms with Crippen molar-refractivity contribution in [1.82, 2.24) is 20.5 Å². The number of carboxylic acid groups (broad SMARTS) is 1. The van der Waals surface area contributed by atoms with Crippen LogP contribution in [0.25, 0.3) is 0 Å². The van der Waals surface area contributed by atoms with E-state index >= 15 is 0 Å². The normalized spacial score (nSPS) is 11.9. The molecular formula is C15H18N4O3S. The first-order chi connectivity index (χ1) is 11.1. The quantitative estimate of drug-likeness (QED) is 0.638. The van der Waals surface area contributed by atoms with Gasteiger partial charge in [-0.05, 0) is 24.1 Å². The molecule has 1 heterocycles. The van der Waals surface area contributed by atoms with E-state index in [9.17, 15) is 9.59 Å². The molecule has 0 saturated carbocycles. The fraction of sp³-hybridized carbons (Fsp3) is 0.333. The van der Waals surface area contributed by atoms with Crippen molar-refractivity contribution >= 4 is 23.6 Å². The number of carbonyl (C=O) groups excluding carboxylic acids is 1. The highest BCUT2D eigenvalue weighted by molar-refractivity contribution is 7.98. The second-order valence-corrected chi connectivity index (χ2v) is 5.89. The van der Waals surface area contributed by atoms with Gasteiger partial charge in [0.25, 0.3) is 5.91 Å². The number of benzene rings is 1. The summed E-state index contributed by atoms with van der Waals surface area (Å²) in [6.45, 7) is 1.88. The van der Waals surface area contributed by atoms with Gasteiger partial charge in [0.05, 0.1) is 0 Å². The number of hydrogen-bond acceptors (Lipinski definition) is 5. The van der Waals surface area contributed by atoms with Gasteiger partial charge >= 0.3 is 5.97 Å². The van der Waals surface area contributed by atoms with Crippen molar-refractivity contribution in [3.8, 4) is 0 Å². The number of nitrogens with one attached hydrogen (secondary N) is 2. The van der Waals surface area contributed by atoms with Crippen molar-refractivity contribution < 1.29 is 14.7 Å². The Morgan fingerprint density at radius 1 is 1.35 bits per heavy atom. The lowest BCUT2D eigenvalue weighted by Gasteiger charge is -2.13. The van der Waals surface area contributed by atoms with Gasteiger partial charge in [-0.25, -0.2) is 9.78 Å². The van der Waals surface area contributed by atoms with E-state index in [1.165, 1.54) is 18.1 Å². The smallest absolute Gasteiger partial charge is 0.326 e. The summed E-state index contributed by atoms with van der Waals surface area (Å²) in [5.74, 6) is -0.689. The molecule has 1 aromatic carbocycles. The van der Waals surface area contributed by atoms with Crippen LogP contribution in [0, 0.1) is 0 Å². The standard InChI is InChI=1S/C15H18N4O3S/c1-2-3-12(14(21)22)18-13(20)11-6-4-10(5-7-11)8-23-15-16-9-17-19-15/h4-7,9,12H,2-3,8H2,1H3,(H,18,20)(H,21,22)(H,16,17,19). The Bertz CT molecular complexity index is 643. The molecule has 8 heteroatoms. The zero-order valence-corrected chi connectivity index (χ0v) is 13.5. The van der Waals surface area contributed by atoms with E-state index in [2.05, 4.69) is 20.5 Å². The molecule has 0 fully saturated rings. The molecule has 1 unspecified atom stereocenters. The number of hydrogen-bond donors (Lipinski definition) is 3.